The van der Waals surface area contributed by atoms with Gasteiger partial charge in [0, 0.05) is 38.5 Å². The van der Waals surface area contributed by atoms with Crippen LogP contribution in [0, 0.1) is 5.92 Å². The molecule has 2 unspecified atom stereocenters. The Morgan fingerprint density at radius 1 is 1.11 bits per heavy atom. The molecule has 0 spiro atoms. The van der Waals surface area contributed by atoms with Gasteiger partial charge in [-0.2, -0.15) is 0 Å². The molecule has 0 saturated carbocycles. The molecule has 100 valence electrons. The number of amides is 2. The van der Waals surface area contributed by atoms with Crippen LogP contribution in [0.5, 0.6) is 0 Å². The lowest BCUT2D eigenvalue weighted by Gasteiger charge is -2.37. The van der Waals surface area contributed by atoms with Crippen molar-refractivity contribution in [3.63, 3.8) is 0 Å². The van der Waals surface area contributed by atoms with E-state index in [1.807, 2.05) is 0 Å². The lowest BCUT2D eigenvalue weighted by Crippen LogP contribution is -2.48. The molecule has 0 aromatic carbocycles. The van der Waals surface area contributed by atoms with Gasteiger partial charge in [-0.15, -0.1) is 0 Å². The van der Waals surface area contributed by atoms with Crippen molar-refractivity contribution in [2.24, 2.45) is 5.92 Å². The molecule has 0 aliphatic carbocycles. The predicted octanol–water partition coefficient (Wildman–Crippen LogP) is -0.181. The van der Waals surface area contributed by atoms with E-state index in [0.717, 1.165) is 32.1 Å². The molecule has 1 N–H and O–H groups in total. The lowest BCUT2D eigenvalue weighted by atomic mass is 9.92. The Labute approximate surface area is 107 Å². The zero-order valence-corrected chi connectivity index (χ0v) is 10.7. The molecule has 2 atom stereocenters. The quantitative estimate of drug-likeness (QED) is 0.707. The zero-order valence-electron chi connectivity index (χ0n) is 10.7. The number of nitrogens with zero attached hydrogens (tertiary/aromatic N) is 2. The topological polar surface area (TPSA) is 52.7 Å². The molecule has 0 radical (unpaired) electrons. The fourth-order valence-corrected chi connectivity index (χ4v) is 3.54. The van der Waals surface area contributed by atoms with Crippen LogP contribution in [0.4, 0.5) is 0 Å². The fraction of sp³-hybridized carbons (Fsp3) is 0.846. The largest absolute Gasteiger partial charge is 0.315 e. The number of carbonyl (C=O) groups is 2. The highest BCUT2D eigenvalue weighted by Crippen LogP contribution is 2.26. The van der Waals surface area contributed by atoms with Crippen LogP contribution in [0.2, 0.25) is 0 Å². The number of piperidine rings is 1. The van der Waals surface area contributed by atoms with Crippen LogP contribution in [-0.4, -0.2) is 60.4 Å². The van der Waals surface area contributed by atoms with Crippen LogP contribution < -0.4 is 5.32 Å². The van der Waals surface area contributed by atoms with Crippen molar-refractivity contribution in [3.05, 3.63) is 0 Å². The Hall–Kier alpha value is -0.940. The minimum atomic E-state index is 0.0121. The maximum atomic E-state index is 11.6. The Bertz CT molecular complexity index is 342. The Morgan fingerprint density at radius 3 is 2.67 bits per heavy atom. The van der Waals surface area contributed by atoms with Crippen LogP contribution in [0.1, 0.15) is 25.7 Å². The summed E-state index contributed by atoms with van der Waals surface area (Å²) in [6.45, 7) is 4.73. The van der Waals surface area contributed by atoms with E-state index in [2.05, 4.69) is 10.2 Å². The third kappa shape index (κ3) is 2.17. The number of carbonyl (C=O) groups excluding carboxylic acids is 2. The van der Waals surface area contributed by atoms with Gasteiger partial charge >= 0.3 is 0 Å². The van der Waals surface area contributed by atoms with Crippen molar-refractivity contribution in [3.8, 4) is 0 Å². The summed E-state index contributed by atoms with van der Waals surface area (Å²) in [5.41, 5.74) is 0. The van der Waals surface area contributed by atoms with E-state index < -0.39 is 0 Å². The fourth-order valence-electron chi connectivity index (χ4n) is 3.54. The summed E-state index contributed by atoms with van der Waals surface area (Å²) in [4.78, 5) is 27.0. The van der Waals surface area contributed by atoms with Gasteiger partial charge in [-0.3, -0.25) is 19.4 Å². The summed E-state index contributed by atoms with van der Waals surface area (Å²) in [5.74, 6) is 0.792. The first kappa shape index (κ1) is 12.1. The molecule has 2 amide bonds. The first-order valence-electron chi connectivity index (χ1n) is 7.03. The van der Waals surface area contributed by atoms with Crippen molar-refractivity contribution >= 4 is 11.8 Å². The van der Waals surface area contributed by atoms with E-state index in [4.69, 9.17) is 0 Å². The van der Waals surface area contributed by atoms with Gasteiger partial charge in [0.15, 0.2) is 0 Å². The van der Waals surface area contributed by atoms with Crippen LogP contribution in [0.15, 0.2) is 0 Å². The first-order valence-corrected chi connectivity index (χ1v) is 7.03. The molecule has 0 bridgehead atoms. The molecular formula is C13H21N3O2. The second-order valence-corrected chi connectivity index (χ2v) is 5.60. The van der Waals surface area contributed by atoms with Crippen molar-refractivity contribution in [1.82, 2.24) is 15.1 Å². The van der Waals surface area contributed by atoms with Crippen molar-refractivity contribution in [2.45, 2.75) is 31.7 Å². The summed E-state index contributed by atoms with van der Waals surface area (Å²) in [7, 11) is 0. The van der Waals surface area contributed by atoms with E-state index in [0.29, 0.717) is 25.4 Å². The lowest BCUT2D eigenvalue weighted by molar-refractivity contribution is -0.138. The number of likely N-dealkylation sites (tertiary alicyclic amines) is 2. The van der Waals surface area contributed by atoms with Crippen LogP contribution in [-0.2, 0) is 9.59 Å². The number of fused-ring (bicyclic) bond motifs is 1. The van der Waals surface area contributed by atoms with Crippen molar-refractivity contribution < 1.29 is 9.59 Å². The predicted molar refractivity (Wildman–Crippen MR) is 66.9 cm³/mol. The van der Waals surface area contributed by atoms with Gasteiger partial charge in [0.2, 0.25) is 11.8 Å². The summed E-state index contributed by atoms with van der Waals surface area (Å²) >= 11 is 0. The highest BCUT2D eigenvalue weighted by Gasteiger charge is 2.36. The molecule has 3 saturated heterocycles. The van der Waals surface area contributed by atoms with Gasteiger partial charge in [-0.25, -0.2) is 0 Å². The minimum absolute atomic E-state index is 0.0121. The summed E-state index contributed by atoms with van der Waals surface area (Å²) in [5, 5.41) is 3.45. The number of nitrogens with one attached hydrogen (secondary N) is 1. The maximum Gasteiger partial charge on any atom is 0.229 e. The molecule has 5 heteroatoms. The molecule has 0 aromatic heterocycles. The van der Waals surface area contributed by atoms with Crippen LogP contribution in [0.25, 0.3) is 0 Å². The van der Waals surface area contributed by atoms with Gasteiger partial charge in [0.05, 0.1) is 0 Å². The van der Waals surface area contributed by atoms with E-state index in [1.54, 1.807) is 0 Å². The average Bonchev–Trinajstić information content (AvgIpc) is 2.95. The molecule has 3 aliphatic heterocycles. The second-order valence-electron chi connectivity index (χ2n) is 5.60. The Kier molecular flexibility index (Phi) is 3.35. The molecule has 5 nitrogen and oxygen atoms in total. The third-order valence-corrected chi connectivity index (χ3v) is 4.56. The maximum absolute atomic E-state index is 11.6. The molecule has 3 rings (SSSR count). The van der Waals surface area contributed by atoms with E-state index in [-0.39, 0.29) is 11.8 Å². The molecule has 3 aliphatic rings. The SMILES string of the molecule is O=C1CCC(=O)N1CCN1CCCC2CNCC21. The number of imide groups is 1. The number of rotatable bonds is 3. The number of hydrogen-bond donors (Lipinski definition) is 1. The van der Waals surface area contributed by atoms with E-state index in [1.165, 1.54) is 17.7 Å². The van der Waals surface area contributed by atoms with Gasteiger partial charge in [0.1, 0.15) is 0 Å². The van der Waals surface area contributed by atoms with E-state index >= 15 is 0 Å². The monoisotopic (exact) mass is 251 g/mol. The molecular weight excluding hydrogens is 230 g/mol. The highest BCUT2D eigenvalue weighted by atomic mass is 16.2. The highest BCUT2D eigenvalue weighted by molar-refractivity contribution is 6.01. The second kappa shape index (κ2) is 4.97. The van der Waals surface area contributed by atoms with Gasteiger partial charge in [0.25, 0.3) is 0 Å². The molecule has 0 aromatic rings. The van der Waals surface area contributed by atoms with Crippen molar-refractivity contribution in [2.75, 3.05) is 32.7 Å². The molecule has 18 heavy (non-hydrogen) atoms. The minimum Gasteiger partial charge on any atom is -0.315 e. The summed E-state index contributed by atoms with van der Waals surface area (Å²) in [6.07, 6.45) is 3.37. The zero-order chi connectivity index (χ0) is 12.5. The Balaban J connectivity index is 1.56. The van der Waals surface area contributed by atoms with Gasteiger partial charge in [-0.05, 0) is 31.8 Å². The van der Waals surface area contributed by atoms with Gasteiger partial charge < -0.3 is 5.32 Å². The van der Waals surface area contributed by atoms with Crippen LogP contribution in [0.3, 0.4) is 0 Å². The van der Waals surface area contributed by atoms with E-state index in [9.17, 15) is 9.59 Å². The standard InChI is InChI=1S/C13H21N3O2/c17-12-3-4-13(18)16(12)7-6-15-5-1-2-10-8-14-9-11(10)15/h10-11,14H,1-9H2. The summed E-state index contributed by atoms with van der Waals surface area (Å²) in [6, 6.07) is 0.617. The Morgan fingerprint density at radius 2 is 1.89 bits per heavy atom. The third-order valence-electron chi connectivity index (χ3n) is 4.56. The molecule has 3 fully saturated rings. The smallest absolute Gasteiger partial charge is 0.229 e. The van der Waals surface area contributed by atoms with Crippen LogP contribution >= 0.6 is 0 Å². The normalized spacial score (nSPS) is 33.2. The first-order chi connectivity index (χ1) is 8.75. The summed E-state index contributed by atoms with van der Waals surface area (Å²) < 4.78 is 0. The van der Waals surface area contributed by atoms with Crippen molar-refractivity contribution in [1.29, 1.82) is 0 Å². The molecule has 3 heterocycles. The van der Waals surface area contributed by atoms with Gasteiger partial charge in [-0.1, -0.05) is 0 Å². The number of hydrogen-bond acceptors (Lipinski definition) is 4. The average molecular weight is 251 g/mol.